The van der Waals surface area contributed by atoms with Crippen molar-refractivity contribution in [2.24, 2.45) is 5.92 Å². The molecule has 0 aromatic heterocycles. The molecule has 0 amide bonds. The fourth-order valence-corrected chi connectivity index (χ4v) is 4.22. The molecule has 0 aliphatic heterocycles. The maximum Gasteiger partial charge on any atom is 0.422 e. The van der Waals surface area contributed by atoms with E-state index in [-0.39, 0.29) is 33.4 Å². The zero-order chi connectivity index (χ0) is 25.2. The van der Waals surface area contributed by atoms with Crippen molar-refractivity contribution < 1.29 is 41.0 Å². The quantitative estimate of drug-likeness (QED) is 0.380. The molecule has 2 rings (SSSR count). The zero-order valence-corrected chi connectivity index (χ0v) is 18.8. The number of carboxylic acid groups (broad SMARTS) is 1. The van der Waals surface area contributed by atoms with Gasteiger partial charge >= 0.3 is 18.3 Å². The summed E-state index contributed by atoms with van der Waals surface area (Å²) in [6.07, 6.45) is -8.33. The zero-order valence-electron chi connectivity index (χ0n) is 18.1. The number of carboxylic acids is 1. The minimum Gasteiger partial charge on any atom is -0.483 e. The van der Waals surface area contributed by atoms with Gasteiger partial charge in [0.1, 0.15) is 5.75 Å². The highest BCUT2D eigenvalue weighted by Gasteiger charge is 2.42. The molecule has 0 heterocycles. The van der Waals surface area contributed by atoms with Crippen molar-refractivity contribution in [2.45, 2.75) is 51.4 Å². The lowest BCUT2D eigenvalue weighted by atomic mass is 9.69. The minimum absolute atomic E-state index is 0.0596. The summed E-state index contributed by atoms with van der Waals surface area (Å²) >= 11 is 6.37. The molecule has 0 fully saturated rings. The third-order valence-electron chi connectivity index (χ3n) is 5.79. The van der Waals surface area contributed by atoms with Crippen LogP contribution in [-0.2, 0) is 16.4 Å². The van der Waals surface area contributed by atoms with E-state index in [0.717, 1.165) is 24.3 Å². The van der Waals surface area contributed by atoms with Crippen LogP contribution in [0, 0.1) is 5.92 Å². The molecule has 2 aromatic rings. The molecule has 33 heavy (non-hydrogen) atoms. The van der Waals surface area contributed by atoms with Gasteiger partial charge in [0, 0.05) is 5.56 Å². The summed E-state index contributed by atoms with van der Waals surface area (Å²) in [6, 6.07) is 6.19. The summed E-state index contributed by atoms with van der Waals surface area (Å²) < 4.78 is 82.3. The van der Waals surface area contributed by atoms with Gasteiger partial charge in [-0.25, -0.2) is 0 Å². The third-order valence-corrected chi connectivity index (χ3v) is 6.09. The predicted molar refractivity (Wildman–Crippen MR) is 112 cm³/mol. The van der Waals surface area contributed by atoms with Gasteiger partial charge < -0.3 is 9.84 Å². The van der Waals surface area contributed by atoms with E-state index < -0.39 is 35.9 Å². The van der Waals surface area contributed by atoms with Gasteiger partial charge in [0.15, 0.2) is 6.61 Å². The second-order valence-electron chi connectivity index (χ2n) is 7.83. The van der Waals surface area contributed by atoms with Crippen LogP contribution in [-0.4, -0.2) is 23.9 Å². The highest BCUT2D eigenvalue weighted by molar-refractivity contribution is 6.33. The molecule has 0 radical (unpaired) electrons. The van der Waals surface area contributed by atoms with Crippen LogP contribution in [0.1, 0.15) is 44.7 Å². The smallest absolute Gasteiger partial charge is 0.422 e. The van der Waals surface area contributed by atoms with Gasteiger partial charge in [-0.3, -0.25) is 4.79 Å². The average molecular weight is 497 g/mol. The Bertz CT molecular complexity index is 981. The van der Waals surface area contributed by atoms with E-state index in [1.165, 1.54) is 19.1 Å². The number of benzene rings is 2. The lowest BCUT2D eigenvalue weighted by molar-refractivity contribution is -0.153. The predicted octanol–water partition coefficient (Wildman–Crippen LogP) is 7.75. The van der Waals surface area contributed by atoms with E-state index in [9.17, 15) is 36.2 Å². The maximum atomic E-state index is 12.9. The first-order valence-electron chi connectivity index (χ1n) is 10.1. The van der Waals surface area contributed by atoms with Crippen molar-refractivity contribution in [3.8, 4) is 16.9 Å². The number of hydrogen-bond acceptors (Lipinski definition) is 2. The van der Waals surface area contributed by atoms with Crippen molar-refractivity contribution in [3.05, 3.63) is 52.5 Å². The molecule has 10 heteroatoms. The van der Waals surface area contributed by atoms with Gasteiger partial charge in [0.25, 0.3) is 0 Å². The van der Waals surface area contributed by atoms with Crippen molar-refractivity contribution in [2.75, 3.05) is 6.61 Å². The topological polar surface area (TPSA) is 46.5 Å². The molecular formula is C23H23ClF6O3. The van der Waals surface area contributed by atoms with E-state index in [1.54, 1.807) is 13.8 Å². The van der Waals surface area contributed by atoms with E-state index in [0.29, 0.717) is 12.8 Å². The normalized spacial score (nSPS) is 14.3. The molecule has 3 nitrogen and oxygen atoms in total. The van der Waals surface area contributed by atoms with Gasteiger partial charge in [0.05, 0.1) is 16.0 Å². The summed E-state index contributed by atoms with van der Waals surface area (Å²) in [4.78, 5) is 12.2. The Balaban J connectivity index is 2.72. The number of hydrogen-bond donors (Lipinski definition) is 1. The SMILES string of the molecule is CCC(CC)C(C)(C(=O)O)c1cc(Cl)c(-c2ccc(C(F)(F)F)cc2)c(OCC(F)(F)F)c1. The molecule has 0 spiro atoms. The largest absolute Gasteiger partial charge is 0.483 e. The number of halogens is 7. The first-order chi connectivity index (χ1) is 15.1. The van der Waals surface area contributed by atoms with Gasteiger partial charge in [-0.15, -0.1) is 0 Å². The maximum absolute atomic E-state index is 12.9. The Labute approximate surface area is 192 Å². The number of alkyl halides is 6. The lowest BCUT2D eigenvalue weighted by Gasteiger charge is -2.34. The van der Waals surface area contributed by atoms with E-state index >= 15 is 0 Å². The fourth-order valence-electron chi connectivity index (χ4n) is 3.90. The average Bonchev–Trinajstić information content (AvgIpc) is 2.71. The van der Waals surface area contributed by atoms with Gasteiger partial charge in [0.2, 0.25) is 0 Å². The number of carbonyl (C=O) groups is 1. The van der Waals surface area contributed by atoms with Crippen LogP contribution in [0.25, 0.3) is 11.1 Å². The fraction of sp³-hybridized carbons (Fsp3) is 0.435. The molecule has 0 aliphatic carbocycles. The Morgan fingerprint density at radius 2 is 1.55 bits per heavy atom. The molecule has 0 saturated carbocycles. The van der Waals surface area contributed by atoms with Crippen LogP contribution < -0.4 is 4.74 Å². The molecule has 0 saturated heterocycles. The number of ether oxygens (including phenoxy) is 1. The van der Waals surface area contributed by atoms with E-state index in [4.69, 9.17) is 16.3 Å². The van der Waals surface area contributed by atoms with Crippen LogP contribution >= 0.6 is 11.6 Å². The van der Waals surface area contributed by atoms with Crippen molar-refractivity contribution in [1.29, 1.82) is 0 Å². The van der Waals surface area contributed by atoms with Gasteiger partial charge in [-0.1, -0.05) is 50.4 Å². The molecule has 0 bridgehead atoms. The second kappa shape index (κ2) is 9.83. The summed E-state index contributed by atoms with van der Waals surface area (Å²) in [5.41, 5.74) is -2.25. The Morgan fingerprint density at radius 1 is 1.00 bits per heavy atom. The lowest BCUT2D eigenvalue weighted by Crippen LogP contribution is -2.40. The Morgan fingerprint density at radius 3 is 1.97 bits per heavy atom. The summed E-state index contributed by atoms with van der Waals surface area (Å²) in [5.74, 6) is -1.91. The van der Waals surface area contributed by atoms with E-state index in [2.05, 4.69) is 0 Å². The van der Waals surface area contributed by atoms with Crippen LogP contribution in [0.5, 0.6) is 5.75 Å². The highest BCUT2D eigenvalue weighted by Crippen LogP contribution is 2.45. The van der Waals surface area contributed by atoms with Crippen LogP contribution in [0.4, 0.5) is 26.3 Å². The third kappa shape index (κ3) is 5.93. The number of rotatable bonds is 8. The molecule has 1 unspecified atom stereocenters. The highest BCUT2D eigenvalue weighted by atomic mass is 35.5. The molecule has 2 aromatic carbocycles. The van der Waals surface area contributed by atoms with Crippen LogP contribution in [0.15, 0.2) is 36.4 Å². The summed E-state index contributed by atoms with van der Waals surface area (Å²) in [6.45, 7) is 3.38. The molecule has 0 aliphatic rings. The monoisotopic (exact) mass is 496 g/mol. The molecule has 1 N–H and O–H groups in total. The van der Waals surface area contributed by atoms with Crippen LogP contribution in [0.2, 0.25) is 5.02 Å². The second-order valence-corrected chi connectivity index (χ2v) is 8.24. The summed E-state index contributed by atoms with van der Waals surface area (Å²) in [5, 5.41) is 9.85. The molecule has 182 valence electrons. The van der Waals surface area contributed by atoms with Crippen molar-refractivity contribution >= 4 is 17.6 Å². The first kappa shape index (κ1) is 26.8. The van der Waals surface area contributed by atoms with E-state index in [1.807, 2.05) is 0 Å². The molecular weight excluding hydrogens is 474 g/mol. The first-order valence-corrected chi connectivity index (χ1v) is 10.5. The Kier molecular flexibility index (Phi) is 7.99. The standard InChI is InChI=1S/C23H23ClF6O3/c1-4-14(5-2)21(3,20(31)32)16-10-17(24)19(18(11-16)33-12-22(25,26)27)13-6-8-15(9-7-13)23(28,29)30/h6-11,14H,4-5,12H2,1-3H3,(H,31,32). The Hall–Kier alpha value is -2.42. The molecule has 1 atom stereocenters. The van der Waals surface area contributed by atoms with Crippen LogP contribution in [0.3, 0.4) is 0 Å². The van der Waals surface area contributed by atoms with Crippen molar-refractivity contribution in [1.82, 2.24) is 0 Å². The minimum atomic E-state index is -4.70. The summed E-state index contributed by atoms with van der Waals surface area (Å²) in [7, 11) is 0. The number of aliphatic carboxylic acids is 1. The van der Waals surface area contributed by atoms with Gasteiger partial charge in [-0.2, -0.15) is 26.3 Å². The van der Waals surface area contributed by atoms with Gasteiger partial charge in [-0.05, 0) is 48.2 Å². The van der Waals surface area contributed by atoms with Crippen molar-refractivity contribution in [3.63, 3.8) is 0 Å².